The smallest absolute Gasteiger partial charge is 0.241 e. The summed E-state index contributed by atoms with van der Waals surface area (Å²) in [5.74, 6) is -0.539. The molecule has 0 aliphatic heterocycles. The molecule has 0 saturated heterocycles. The lowest BCUT2D eigenvalue weighted by Gasteiger charge is -2.29. The molecule has 22 heavy (non-hydrogen) atoms. The zero-order valence-electron chi connectivity index (χ0n) is 12.2. The summed E-state index contributed by atoms with van der Waals surface area (Å²) < 4.78 is 41.2. The number of hydrogen-bond donors (Lipinski definition) is 0. The molecule has 1 unspecified atom stereocenters. The normalized spacial score (nSPS) is 22.5. The fourth-order valence-electron chi connectivity index (χ4n) is 2.77. The van der Waals surface area contributed by atoms with Gasteiger partial charge in [-0.2, -0.15) is 0 Å². The Bertz CT molecular complexity index is 927. The van der Waals surface area contributed by atoms with Crippen LogP contribution in [-0.4, -0.2) is 17.1 Å². The average Bonchev–Trinajstić information content (AvgIpc) is 2.89. The van der Waals surface area contributed by atoms with Gasteiger partial charge in [0.1, 0.15) is 10.6 Å². The molecule has 0 amide bonds. The summed E-state index contributed by atoms with van der Waals surface area (Å²) in [6, 6.07) is 6.16. The van der Waals surface area contributed by atoms with E-state index in [0.29, 0.717) is 11.8 Å². The first-order chi connectivity index (χ1) is 10.3. The van der Waals surface area contributed by atoms with Crippen LogP contribution >= 0.6 is 15.9 Å². The van der Waals surface area contributed by atoms with Crippen molar-refractivity contribution in [2.24, 2.45) is 0 Å². The number of hydrogen-bond acceptors (Lipinski definition) is 2. The summed E-state index contributed by atoms with van der Waals surface area (Å²) in [5, 5.41) is 0.570. The highest BCUT2D eigenvalue weighted by Gasteiger charge is 2.40. The predicted molar refractivity (Wildman–Crippen MR) is 90.0 cm³/mol. The second kappa shape index (κ2) is 5.06. The third-order valence-electron chi connectivity index (χ3n) is 4.06. The van der Waals surface area contributed by atoms with E-state index in [1.165, 1.54) is 12.3 Å². The summed E-state index contributed by atoms with van der Waals surface area (Å²) in [4.78, 5) is 0. The van der Waals surface area contributed by atoms with Crippen molar-refractivity contribution in [3.8, 4) is 0 Å². The first-order valence-electron chi connectivity index (χ1n) is 6.82. The largest absolute Gasteiger partial charge is 0.248 e. The highest BCUT2D eigenvalue weighted by molar-refractivity contribution is 9.12. The SMILES string of the molecule is CC1=CC(C)(S(=O)(=O)n2ccc3cccc(F)c32)CC=C1Br. The number of aromatic nitrogens is 1. The van der Waals surface area contributed by atoms with Crippen molar-refractivity contribution in [2.45, 2.75) is 25.0 Å². The molecule has 1 aliphatic carbocycles. The molecule has 1 aliphatic rings. The molecule has 3 rings (SSSR count). The molecule has 0 radical (unpaired) electrons. The first-order valence-corrected chi connectivity index (χ1v) is 9.06. The number of halogens is 2. The topological polar surface area (TPSA) is 39.1 Å². The Balaban J connectivity index is 2.22. The van der Waals surface area contributed by atoms with Gasteiger partial charge in [0, 0.05) is 16.1 Å². The van der Waals surface area contributed by atoms with Crippen LogP contribution in [0.1, 0.15) is 20.3 Å². The van der Waals surface area contributed by atoms with Crippen molar-refractivity contribution < 1.29 is 12.8 Å². The third-order valence-corrected chi connectivity index (χ3v) is 7.30. The van der Waals surface area contributed by atoms with Gasteiger partial charge in [-0.05, 0) is 38.0 Å². The molecule has 0 spiro atoms. The van der Waals surface area contributed by atoms with E-state index in [-0.39, 0.29) is 5.52 Å². The van der Waals surface area contributed by atoms with Crippen molar-refractivity contribution in [1.29, 1.82) is 0 Å². The Labute approximate surface area is 137 Å². The van der Waals surface area contributed by atoms with Crippen LogP contribution in [0.5, 0.6) is 0 Å². The van der Waals surface area contributed by atoms with Crippen LogP contribution in [-0.2, 0) is 10.0 Å². The summed E-state index contributed by atoms with van der Waals surface area (Å²) in [5.41, 5.74) is 0.956. The molecule has 0 saturated carbocycles. The van der Waals surface area contributed by atoms with Gasteiger partial charge < -0.3 is 0 Å². The molecule has 3 nitrogen and oxygen atoms in total. The molecule has 1 aromatic heterocycles. The molecule has 1 heterocycles. The quantitative estimate of drug-likeness (QED) is 0.773. The van der Waals surface area contributed by atoms with Crippen LogP contribution in [0, 0.1) is 5.82 Å². The van der Waals surface area contributed by atoms with E-state index in [1.807, 2.05) is 13.0 Å². The fourth-order valence-corrected chi connectivity index (χ4v) is 4.76. The average molecular weight is 384 g/mol. The van der Waals surface area contributed by atoms with E-state index < -0.39 is 20.6 Å². The van der Waals surface area contributed by atoms with E-state index in [1.54, 1.807) is 31.2 Å². The number of fused-ring (bicyclic) bond motifs is 1. The van der Waals surface area contributed by atoms with Crippen LogP contribution < -0.4 is 0 Å². The molecule has 0 bridgehead atoms. The van der Waals surface area contributed by atoms with Gasteiger partial charge in [-0.3, -0.25) is 0 Å². The summed E-state index contributed by atoms with van der Waals surface area (Å²) >= 11 is 3.40. The molecule has 6 heteroatoms. The Hall–Kier alpha value is -1.40. The minimum absolute atomic E-state index is 0.100. The molecule has 1 atom stereocenters. The molecule has 1 aromatic carbocycles. The summed E-state index contributed by atoms with van der Waals surface area (Å²) in [7, 11) is -3.79. The standard InChI is InChI=1S/C16H15BrFNO2S/c1-11-10-16(2,8-6-13(11)17)22(20,21)19-9-7-12-4-3-5-14(18)15(12)19/h3-7,9-10H,8H2,1-2H3. The minimum Gasteiger partial charge on any atom is -0.241 e. The van der Waals surface area contributed by atoms with Gasteiger partial charge in [0.15, 0.2) is 0 Å². The van der Waals surface area contributed by atoms with Gasteiger partial charge in [-0.1, -0.05) is 40.2 Å². The van der Waals surface area contributed by atoms with Gasteiger partial charge in [0.2, 0.25) is 10.0 Å². The van der Waals surface area contributed by atoms with Crippen molar-refractivity contribution >= 4 is 36.9 Å². The maximum absolute atomic E-state index is 14.1. The Kier molecular flexibility index (Phi) is 3.57. The lowest BCUT2D eigenvalue weighted by Crippen LogP contribution is -2.38. The second-order valence-electron chi connectivity index (χ2n) is 5.69. The summed E-state index contributed by atoms with van der Waals surface area (Å²) in [6.07, 6.45) is 5.32. The lowest BCUT2D eigenvalue weighted by molar-refractivity contribution is 0.552. The molecule has 116 valence electrons. The number of allylic oxidation sites excluding steroid dienone is 3. The number of nitrogens with zero attached hydrogens (tertiary/aromatic N) is 1. The Morgan fingerprint density at radius 2 is 2.05 bits per heavy atom. The van der Waals surface area contributed by atoms with Gasteiger partial charge in [0.05, 0.1) is 5.52 Å². The van der Waals surface area contributed by atoms with E-state index in [0.717, 1.165) is 14.0 Å². The van der Waals surface area contributed by atoms with Crippen LogP contribution in [0.3, 0.4) is 0 Å². The lowest BCUT2D eigenvalue weighted by atomic mass is 9.98. The van der Waals surface area contributed by atoms with Crippen LogP contribution in [0.2, 0.25) is 0 Å². The molecule has 0 fully saturated rings. The minimum atomic E-state index is -3.79. The Morgan fingerprint density at radius 3 is 2.73 bits per heavy atom. The van der Waals surface area contributed by atoms with Gasteiger partial charge >= 0.3 is 0 Å². The van der Waals surface area contributed by atoms with Gasteiger partial charge in [-0.25, -0.2) is 16.8 Å². The predicted octanol–water partition coefficient (Wildman–Crippen LogP) is 4.35. The second-order valence-corrected chi connectivity index (χ2v) is 8.82. The number of benzene rings is 1. The summed E-state index contributed by atoms with van der Waals surface area (Å²) in [6.45, 7) is 3.51. The third kappa shape index (κ3) is 2.16. The van der Waals surface area contributed by atoms with Gasteiger partial charge in [-0.15, -0.1) is 0 Å². The van der Waals surface area contributed by atoms with Crippen molar-refractivity contribution in [2.75, 3.05) is 0 Å². The highest BCUT2D eigenvalue weighted by Crippen LogP contribution is 2.37. The zero-order chi connectivity index (χ0) is 16.1. The monoisotopic (exact) mass is 383 g/mol. The molecule has 0 N–H and O–H groups in total. The van der Waals surface area contributed by atoms with Crippen LogP contribution in [0.15, 0.2) is 52.7 Å². The zero-order valence-corrected chi connectivity index (χ0v) is 14.6. The maximum atomic E-state index is 14.1. The van der Waals surface area contributed by atoms with Crippen LogP contribution in [0.25, 0.3) is 10.9 Å². The fraction of sp³-hybridized carbons (Fsp3) is 0.250. The van der Waals surface area contributed by atoms with Crippen molar-refractivity contribution in [3.05, 3.63) is 58.5 Å². The van der Waals surface area contributed by atoms with E-state index in [9.17, 15) is 12.8 Å². The first kappa shape index (κ1) is 15.5. The molecular weight excluding hydrogens is 369 g/mol. The van der Waals surface area contributed by atoms with E-state index in [2.05, 4.69) is 15.9 Å². The van der Waals surface area contributed by atoms with Crippen molar-refractivity contribution in [3.63, 3.8) is 0 Å². The maximum Gasteiger partial charge on any atom is 0.248 e. The molecule has 2 aromatic rings. The van der Waals surface area contributed by atoms with Crippen molar-refractivity contribution in [1.82, 2.24) is 3.97 Å². The van der Waals surface area contributed by atoms with Gasteiger partial charge in [0.25, 0.3) is 0 Å². The Morgan fingerprint density at radius 1 is 1.32 bits per heavy atom. The van der Waals surface area contributed by atoms with E-state index in [4.69, 9.17) is 0 Å². The molecular formula is C16H15BrFNO2S. The highest BCUT2D eigenvalue weighted by atomic mass is 79.9. The van der Waals surface area contributed by atoms with Crippen LogP contribution in [0.4, 0.5) is 4.39 Å². The van der Waals surface area contributed by atoms with E-state index >= 15 is 0 Å². The number of para-hydroxylation sites is 1. The number of rotatable bonds is 2.